The first kappa shape index (κ1) is 10.9. The van der Waals surface area contributed by atoms with Crippen molar-refractivity contribution in [3.8, 4) is 0 Å². The molecule has 5 nitrogen and oxygen atoms in total. The maximum atomic E-state index is 10.5. The summed E-state index contributed by atoms with van der Waals surface area (Å²) in [6, 6.07) is 3.15. The number of aromatic nitrogens is 1. The van der Waals surface area contributed by atoms with E-state index < -0.39 is 4.92 Å². The lowest BCUT2D eigenvalue weighted by Crippen LogP contribution is -2.31. The van der Waals surface area contributed by atoms with E-state index in [0.29, 0.717) is 0 Å². The first-order chi connectivity index (χ1) is 7.59. The maximum Gasteiger partial charge on any atom is 0.287 e. The summed E-state index contributed by atoms with van der Waals surface area (Å²) in [6.07, 6.45) is 6.02. The molecular weight excluding hydrogens is 206 g/mol. The van der Waals surface area contributed by atoms with Gasteiger partial charge in [-0.05, 0) is 25.8 Å². The smallest absolute Gasteiger partial charge is 0.287 e. The Morgan fingerprint density at radius 1 is 1.44 bits per heavy atom. The van der Waals surface area contributed by atoms with E-state index in [1.807, 2.05) is 0 Å². The summed E-state index contributed by atoms with van der Waals surface area (Å²) in [5.41, 5.74) is 0.130. The van der Waals surface area contributed by atoms with Gasteiger partial charge in [0.05, 0.1) is 4.92 Å². The number of nitro groups is 1. The SMILES string of the molecule is CC1(Nc2ccc([N+](=O)[O-])cn2)CCCC1. The van der Waals surface area contributed by atoms with Crippen molar-refractivity contribution in [3.05, 3.63) is 28.4 Å². The molecule has 1 N–H and O–H groups in total. The minimum absolute atomic E-state index is 0.0297. The van der Waals surface area contributed by atoms with Crippen molar-refractivity contribution in [2.45, 2.75) is 38.1 Å². The summed E-state index contributed by atoms with van der Waals surface area (Å²) < 4.78 is 0. The molecule has 0 unspecified atom stereocenters. The molecule has 0 aliphatic heterocycles. The number of hydrogen-bond donors (Lipinski definition) is 1. The second-order valence-electron chi connectivity index (χ2n) is 4.55. The Bertz CT molecular complexity index is 383. The molecule has 1 fully saturated rings. The molecule has 0 spiro atoms. The highest BCUT2D eigenvalue weighted by molar-refractivity contribution is 5.42. The molecule has 16 heavy (non-hydrogen) atoms. The molecule has 0 amide bonds. The third-order valence-electron chi connectivity index (χ3n) is 3.10. The predicted molar refractivity (Wildman–Crippen MR) is 61.4 cm³/mol. The van der Waals surface area contributed by atoms with Gasteiger partial charge in [0, 0.05) is 11.6 Å². The average Bonchev–Trinajstić information content (AvgIpc) is 2.65. The Morgan fingerprint density at radius 3 is 2.62 bits per heavy atom. The molecule has 0 atom stereocenters. The van der Waals surface area contributed by atoms with Crippen molar-refractivity contribution < 1.29 is 4.92 Å². The van der Waals surface area contributed by atoms with E-state index in [4.69, 9.17) is 0 Å². The van der Waals surface area contributed by atoms with E-state index in [9.17, 15) is 10.1 Å². The number of pyridine rings is 1. The first-order valence-electron chi connectivity index (χ1n) is 5.48. The molecule has 0 saturated heterocycles. The van der Waals surface area contributed by atoms with Gasteiger partial charge >= 0.3 is 0 Å². The summed E-state index contributed by atoms with van der Waals surface area (Å²) in [4.78, 5) is 14.1. The molecule has 1 aromatic rings. The van der Waals surface area contributed by atoms with Crippen molar-refractivity contribution in [3.63, 3.8) is 0 Å². The van der Waals surface area contributed by atoms with Crippen molar-refractivity contribution in [2.24, 2.45) is 0 Å². The van der Waals surface area contributed by atoms with Crippen LogP contribution in [0.5, 0.6) is 0 Å². The van der Waals surface area contributed by atoms with Crippen LogP contribution in [0.3, 0.4) is 0 Å². The Kier molecular flexibility index (Phi) is 2.77. The standard InChI is InChI=1S/C11H15N3O2/c1-11(6-2-3-7-11)13-10-5-4-9(8-12-10)14(15)16/h4-5,8H,2-3,6-7H2,1H3,(H,12,13). The van der Waals surface area contributed by atoms with Gasteiger partial charge in [-0.1, -0.05) is 12.8 Å². The van der Waals surface area contributed by atoms with E-state index in [-0.39, 0.29) is 11.2 Å². The van der Waals surface area contributed by atoms with Gasteiger partial charge in [0.2, 0.25) is 0 Å². The van der Waals surface area contributed by atoms with Crippen LogP contribution in [0.4, 0.5) is 11.5 Å². The van der Waals surface area contributed by atoms with Crippen LogP contribution in [-0.4, -0.2) is 15.4 Å². The number of nitrogens with zero attached hydrogens (tertiary/aromatic N) is 2. The molecule has 1 aromatic heterocycles. The van der Waals surface area contributed by atoms with E-state index >= 15 is 0 Å². The van der Waals surface area contributed by atoms with Crippen LogP contribution >= 0.6 is 0 Å². The molecule has 1 saturated carbocycles. The Morgan fingerprint density at radius 2 is 2.12 bits per heavy atom. The minimum Gasteiger partial charge on any atom is -0.365 e. The highest BCUT2D eigenvalue weighted by Crippen LogP contribution is 2.32. The lowest BCUT2D eigenvalue weighted by molar-refractivity contribution is -0.385. The third kappa shape index (κ3) is 2.29. The van der Waals surface area contributed by atoms with Crippen molar-refractivity contribution in [2.75, 3.05) is 5.32 Å². The molecule has 86 valence electrons. The van der Waals surface area contributed by atoms with Gasteiger partial charge in [-0.15, -0.1) is 0 Å². The summed E-state index contributed by atoms with van der Waals surface area (Å²) in [5.74, 6) is 0.718. The van der Waals surface area contributed by atoms with Crippen LogP contribution in [-0.2, 0) is 0 Å². The van der Waals surface area contributed by atoms with Gasteiger partial charge in [-0.3, -0.25) is 10.1 Å². The largest absolute Gasteiger partial charge is 0.365 e. The number of anilines is 1. The zero-order valence-electron chi connectivity index (χ0n) is 9.27. The molecule has 5 heteroatoms. The average molecular weight is 221 g/mol. The topological polar surface area (TPSA) is 68.1 Å². The zero-order valence-corrected chi connectivity index (χ0v) is 9.27. The van der Waals surface area contributed by atoms with Gasteiger partial charge in [0.15, 0.2) is 0 Å². The van der Waals surface area contributed by atoms with Gasteiger partial charge in [-0.2, -0.15) is 0 Å². The molecule has 1 heterocycles. The summed E-state index contributed by atoms with van der Waals surface area (Å²) in [7, 11) is 0. The van der Waals surface area contributed by atoms with Gasteiger partial charge in [-0.25, -0.2) is 4.98 Å². The number of rotatable bonds is 3. The fourth-order valence-electron chi connectivity index (χ4n) is 2.16. The van der Waals surface area contributed by atoms with Gasteiger partial charge in [0.1, 0.15) is 12.0 Å². The van der Waals surface area contributed by atoms with Gasteiger partial charge in [0.25, 0.3) is 5.69 Å². The lowest BCUT2D eigenvalue weighted by Gasteiger charge is -2.25. The van der Waals surface area contributed by atoms with Crippen molar-refractivity contribution in [1.29, 1.82) is 0 Å². The number of nitrogens with one attached hydrogen (secondary N) is 1. The lowest BCUT2D eigenvalue weighted by atomic mass is 10.0. The Hall–Kier alpha value is -1.65. The van der Waals surface area contributed by atoms with Crippen molar-refractivity contribution >= 4 is 11.5 Å². The summed E-state index contributed by atoms with van der Waals surface area (Å²) in [6.45, 7) is 2.17. The van der Waals surface area contributed by atoms with Crippen LogP contribution in [0.1, 0.15) is 32.6 Å². The number of hydrogen-bond acceptors (Lipinski definition) is 4. The predicted octanol–water partition coefficient (Wildman–Crippen LogP) is 2.73. The molecule has 0 aromatic carbocycles. The summed E-state index contributed by atoms with van der Waals surface area (Å²) in [5, 5.41) is 13.8. The van der Waals surface area contributed by atoms with E-state index in [1.54, 1.807) is 6.07 Å². The maximum absolute atomic E-state index is 10.5. The third-order valence-corrected chi connectivity index (χ3v) is 3.10. The van der Waals surface area contributed by atoms with E-state index in [1.165, 1.54) is 25.1 Å². The summed E-state index contributed by atoms with van der Waals surface area (Å²) >= 11 is 0. The van der Waals surface area contributed by atoms with Crippen LogP contribution < -0.4 is 5.32 Å². The van der Waals surface area contributed by atoms with Crippen LogP contribution in [0.2, 0.25) is 0 Å². The van der Waals surface area contributed by atoms with Crippen LogP contribution in [0, 0.1) is 10.1 Å². The highest BCUT2D eigenvalue weighted by Gasteiger charge is 2.28. The normalized spacial score (nSPS) is 18.3. The first-order valence-corrected chi connectivity index (χ1v) is 5.48. The Balaban J connectivity index is 2.07. The second kappa shape index (κ2) is 4.08. The monoisotopic (exact) mass is 221 g/mol. The molecule has 1 aliphatic rings. The fourth-order valence-corrected chi connectivity index (χ4v) is 2.16. The quantitative estimate of drug-likeness (QED) is 0.629. The fraction of sp³-hybridized carbons (Fsp3) is 0.545. The zero-order chi connectivity index (χ0) is 11.6. The van der Waals surface area contributed by atoms with E-state index in [2.05, 4.69) is 17.2 Å². The van der Waals surface area contributed by atoms with Gasteiger partial charge < -0.3 is 5.32 Å². The van der Waals surface area contributed by atoms with E-state index in [0.717, 1.165) is 18.7 Å². The molecule has 0 bridgehead atoms. The minimum atomic E-state index is -0.436. The second-order valence-corrected chi connectivity index (χ2v) is 4.55. The molecule has 1 aliphatic carbocycles. The molecular formula is C11H15N3O2. The van der Waals surface area contributed by atoms with Crippen LogP contribution in [0.25, 0.3) is 0 Å². The van der Waals surface area contributed by atoms with Crippen molar-refractivity contribution in [1.82, 2.24) is 4.98 Å². The van der Waals surface area contributed by atoms with Crippen LogP contribution in [0.15, 0.2) is 18.3 Å². The molecule has 0 radical (unpaired) electrons. The highest BCUT2D eigenvalue weighted by atomic mass is 16.6. The Labute approximate surface area is 94.0 Å². The molecule has 2 rings (SSSR count).